The maximum atomic E-state index is 13.4. The second-order valence-corrected chi connectivity index (χ2v) is 7.55. The molecule has 1 aromatic heterocycles. The number of carbonyl (C=O) groups is 1. The average Bonchev–Trinajstić information content (AvgIpc) is 3.23. The molecule has 0 aliphatic carbocycles. The molecule has 158 valence electrons. The zero-order chi connectivity index (χ0) is 22.1. The van der Waals surface area contributed by atoms with E-state index in [1.165, 1.54) is 0 Å². The molecule has 0 fully saturated rings. The first kappa shape index (κ1) is 19.6. The zero-order valence-electron chi connectivity index (χ0n) is 17.4. The van der Waals surface area contributed by atoms with Crippen LogP contribution < -0.4 is 10.6 Å². The van der Waals surface area contributed by atoms with Gasteiger partial charge in [0.15, 0.2) is 5.82 Å². The van der Waals surface area contributed by atoms with Crippen LogP contribution in [0.1, 0.15) is 18.5 Å². The Balaban J connectivity index is 1.60. The molecule has 3 N–H and O–H groups in total. The molecule has 1 atom stereocenters. The van der Waals surface area contributed by atoms with E-state index in [-0.39, 0.29) is 11.7 Å². The number of nitrogens with one attached hydrogen (secondary N) is 2. The summed E-state index contributed by atoms with van der Waals surface area (Å²) in [5.41, 5.74) is 3.62. The Kier molecular flexibility index (Phi) is 4.91. The predicted molar refractivity (Wildman–Crippen MR) is 123 cm³/mol. The van der Waals surface area contributed by atoms with Gasteiger partial charge in [-0.15, -0.1) is 5.10 Å². The minimum absolute atomic E-state index is 0.155. The summed E-state index contributed by atoms with van der Waals surface area (Å²) in [7, 11) is 0. The number of aromatic nitrogens is 3. The molecule has 32 heavy (non-hydrogen) atoms. The highest BCUT2D eigenvalue weighted by atomic mass is 16.3. The van der Waals surface area contributed by atoms with Gasteiger partial charge in [0.25, 0.3) is 5.91 Å². The van der Waals surface area contributed by atoms with Crippen LogP contribution in [0.25, 0.3) is 11.4 Å². The van der Waals surface area contributed by atoms with E-state index in [1.807, 2.05) is 67.6 Å². The molecule has 0 saturated heterocycles. The van der Waals surface area contributed by atoms with E-state index in [1.54, 1.807) is 28.9 Å². The second-order valence-electron chi connectivity index (χ2n) is 7.55. The first-order valence-corrected chi connectivity index (χ1v) is 10.3. The number of phenolic OH excluding ortho intramolecular Hbond substituents is 1. The Morgan fingerprint density at radius 1 is 0.969 bits per heavy atom. The number of benzene rings is 3. The third kappa shape index (κ3) is 3.60. The molecule has 7 heteroatoms. The van der Waals surface area contributed by atoms with E-state index in [0.717, 1.165) is 11.1 Å². The van der Waals surface area contributed by atoms with Crippen LogP contribution in [0.5, 0.6) is 5.75 Å². The summed E-state index contributed by atoms with van der Waals surface area (Å²) in [4.78, 5) is 18.1. The lowest BCUT2D eigenvalue weighted by Gasteiger charge is -2.28. The SMILES string of the molecule is CC1=C(C(=O)Nc2ccccc2)[C@H](c2ccc(O)cc2)n2nc(-c3ccccc3)nc2N1. The summed E-state index contributed by atoms with van der Waals surface area (Å²) in [5, 5.41) is 20.7. The number of hydrogen-bond donors (Lipinski definition) is 3. The van der Waals surface area contributed by atoms with E-state index < -0.39 is 6.04 Å². The molecule has 0 saturated carbocycles. The number of phenols is 1. The van der Waals surface area contributed by atoms with Crippen LogP contribution in [0, 0.1) is 0 Å². The summed E-state index contributed by atoms with van der Waals surface area (Å²) < 4.78 is 1.72. The van der Waals surface area contributed by atoms with Crippen LogP contribution >= 0.6 is 0 Å². The topological polar surface area (TPSA) is 92.1 Å². The van der Waals surface area contributed by atoms with Gasteiger partial charge in [-0.05, 0) is 36.8 Å². The van der Waals surface area contributed by atoms with Crippen LogP contribution in [-0.2, 0) is 4.79 Å². The van der Waals surface area contributed by atoms with Gasteiger partial charge < -0.3 is 15.7 Å². The molecule has 1 aliphatic heterocycles. The number of fused-ring (bicyclic) bond motifs is 1. The quantitative estimate of drug-likeness (QED) is 0.447. The molecular weight excluding hydrogens is 402 g/mol. The number of carbonyl (C=O) groups excluding carboxylic acids is 1. The van der Waals surface area contributed by atoms with Gasteiger partial charge in [0.05, 0.1) is 5.57 Å². The van der Waals surface area contributed by atoms with Gasteiger partial charge in [0.1, 0.15) is 11.8 Å². The molecule has 4 aromatic rings. The van der Waals surface area contributed by atoms with Gasteiger partial charge in [-0.2, -0.15) is 4.98 Å². The van der Waals surface area contributed by atoms with Crippen molar-refractivity contribution in [3.05, 3.63) is 102 Å². The summed E-state index contributed by atoms with van der Waals surface area (Å²) in [6.07, 6.45) is 0. The second kappa shape index (κ2) is 8.03. The standard InChI is InChI=1S/C25H21N5O2/c1-16-21(24(32)27-19-10-6-3-7-11-19)22(17-12-14-20(31)15-13-17)30-25(26-16)28-23(29-30)18-8-4-2-5-9-18/h2-15,22,31H,1H3,(H,27,32)(H,26,28,29)/t22-/m0/s1. The summed E-state index contributed by atoms with van der Waals surface area (Å²) in [6, 6.07) is 25.3. The monoisotopic (exact) mass is 423 g/mol. The van der Waals surface area contributed by atoms with Crippen molar-refractivity contribution in [2.75, 3.05) is 10.6 Å². The molecule has 0 bridgehead atoms. The van der Waals surface area contributed by atoms with Gasteiger partial charge in [-0.1, -0.05) is 60.7 Å². The Morgan fingerprint density at radius 3 is 2.31 bits per heavy atom. The maximum Gasteiger partial charge on any atom is 0.255 e. The molecule has 0 radical (unpaired) electrons. The van der Waals surface area contributed by atoms with Crippen LogP contribution in [0.2, 0.25) is 0 Å². The number of allylic oxidation sites excluding steroid dienone is 1. The highest BCUT2D eigenvalue weighted by molar-refractivity contribution is 6.06. The van der Waals surface area contributed by atoms with Crippen molar-refractivity contribution in [3.8, 4) is 17.1 Å². The molecule has 7 nitrogen and oxygen atoms in total. The van der Waals surface area contributed by atoms with Gasteiger partial charge in [0, 0.05) is 16.9 Å². The van der Waals surface area contributed by atoms with Crippen LogP contribution in [-0.4, -0.2) is 25.8 Å². The zero-order valence-corrected chi connectivity index (χ0v) is 17.4. The number of hydrogen-bond acceptors (Lipinski definition) is 5. The van der Waals surface area contributed by atoms with Crippen molar-refractivity contribution in [2.24, 2.45) is 0 Å². The molecule has 3 aromatic carbocycles. The number of rotatable bonds is 4. The number of para-hydroxylation sites is 1. The fraction of sp³-hybridized carbons (Fsp3) is 0.0800. The fourth-order valence-corrected chi connectivity index (χ4v) is 3.84. The van der Waals surface area contributed by atoms with Crippen LogP contribution in [0.3, 0.4) is 0 Å². The van der Waals surface area contributed by atoms with Crippen molar-refractivity contribution in [1.29, 1.82) is 0 Å². The number of nitrogens with zero attached hydrogens (tertiary/aromatic N) is 3. The van der Waals surface area contributed by atoms with E-state index in [0.29, 0.717) is 28.7 Å². The number of amides is 1. The largest absolute Gasteiger partial charge is 0.508 e. The van der Waals surface area contributed by atoms with Gasteiger partial charge in [-0.25, -0.2) is 4.68 Å². The molecule has 1 amide bonds. The van der Waals surface area contributed by atoms with Crippen molar-refractivity contribution in [2.45, 2.75) is 13.0 Å². The lowest BCUT2D eigenvalue weighted by molar-refractivity contribution is -0.113. The maximum absolute atomic E-state index is 13.4. The molecule has 1 aliphatic rings. The summed E-state index contributed by atoms with van der Waals surface area (Å²) >= 11 is 0. The fourth-order valence-electron chi connectivity index (χ4n) is 3.84. The molecule has 5 rings (SSSR count). The highest BCUT2D eigenvalue weighted by Crippen LogP contribution is 2.37. The number of anilines is 2. The lowest BCUT2D eigenvalue weighted by Crippen LogP contribution is -2.31. The third-order valence-electron chi connectivity index (χ3n) is 5.37. The van der Waals surface area contributed by atoms with Gasteiger partial charge in [0.2, 0.25) is 5.95 Å². The van der Waals surface area contributed by atoms with E-state index in [4.69, 9.17) is 5.10 Å². The smallest absolute Gasteiger partial charge is 0.255 e. The van der Waals surface area contributed by atoms with E-state index >= 15 is 0 Å². The van der Waals surface area contributed by atoms with Gasteiger partial charge >= 0.3 is 0 Å². The normalized spacial score (nSPS) is 15.1. The first-order chi connectivity index (χ1) is 15.6. The summed E-state index contributed by atoms with van der Waals surface area (Å²) in [6.45, 7) is 1.85. The van der Waals surface area contributed by atoms with Crippen LogP contribution in [0.4, 0.5) is 11.6 Å². The van der Waals surface area contributed by atoms with Crippen molar-refractivity contribution >= 4 is 17.5 Å². The van der Waals surface area contributed by atoms with Crippen molar-refractivity contribution < 1.29 is 9.90 Å². The Morgan fingerprint density at radius 2 is 1.62 bits per heavy atom. The molecular formula is C25H21N5O2. The first-order valence-electron chi connectivity index (χ1n) is 10.3. The van der Waals surface area contributed by atoms with E-state index in [2.05, 4.69) is 15.6 Å². The highest BCUT2D eigenvalue weighted by Gasteiger charge is 2.34. The van der Waals surface area contributed by atoms with Gasteiger partial charge in [-0.3, -0.25) is 4.79 Å². The Hall–Kier alpha value is -4.39. The van der Waals surface area contributed by atoms with E-state index in [9.17, 15) is 9.90 Å². The van der Waals surface area contributed by atoms with Crippen molar-refractivity contribution in [3.63, 3.8) is 0 Å². The summed E-state index contributed by atoms with van der Waals surface area (Å²) in [5.74, 6) is 1.04. The minimum atomic E-state index is -0.513. The molecule has 0 unspecified atom stereocenters. The van der Waals surface area contributed by atoms with Crippen molar-refractivity contribution in [1.82, 2.24) is 14.8 Å². The van der Waals surface area contributed by atoms with Crippen LogP contribution in [0.15, 0.2) is 96.2 Å². The molecule has 2 heterocycles. The minimum Gasteiger partial charge on any atom is -0.508 e. The average molecular weight is 423 g/mol. The molecule has 0 spiro atoms. The predicted octanol–water partition coefficient (Wildman–Crippen LogP) is 4.58. The lowest BCUT2D eigenvalue weighted by atomic mass is 9.95. The number of aromatic hydroxyl groups is 1. The third-order valence-corrected chi connectivity index (χ3v) is 5.37. The Bertz CT molecular complexity index is 1300. The Labute approximate surface area is 185 Å².